The Morgan fingerprint density at radius 2 is 2.00 bits per heavy atom. The van der Waals surface area contributed by atoms with E-state index in [-0.39, 0.29) is 12.4 Å². The van der Waals surface area contributed by atoms with Gasteiger partial charge in [0.1, 0.15) is 0 Å². The fourth-order valence-corrected chi connectivity index (χ4v) is 3.86. The number of aromatic nitrogens is 1. The van der Waals surface area contributed by atoms with Crippen molar-refractivity contribution in [1.29, 1.82) is 0 Å². The molecule has 3 rings (SSSR count). The third-order valence-corrected chi connectivity index (χ3v) is 5.12. The van der Waals surface area contributed by atoms with E-state index in [2.05, 4.69) is 20.1 Å². The Hall–Kier alpha value is -0.410. The lowest BCUT2D eigenvalue weighted by atomic mass is 10.2. The van der Waals surface area contributed by atoms with E-state index in [1.165, 1.54) is 6.20 Å². The average molecular weight is 357 g/mol. The third kappa shape index (κ3) is 4.32. The van der Waals surface area contributed by atoms with Crippen LogP contribution in [-0.4, -0.2) is 60.1 Å². The molecule has 0 radical (unpaired) electrons. The average Bonchev–Trinajstić information content (AvgIpc) is 3.09. The molecule has 126 valence electrons. The van der Waals surface area contributed by atoms with Crippen LogP contribution < -0.4 is 5.32 Å². The Bertz CT molecular complexity index is 476. The normalized spacial score (nSPS) is 24.4. The monoisotopic (exact) mass is 356 g/mol. The van der Waals surface area contributed by atoms with E-state index in [9.17, 15) is 13.2 Å². The summed E-state index contributed by atoms with van der Waals surface area (Å²) >= 11 is 0.762. The number of likely N-dealkylation sites (tertiary alicyclic amines) is 1. The Morgan fingerprint density at radius 1 is 1.27 bits per heavy atom. The van der Waals surface area contributed by atoms with E-state index >= 15 is 0 Å². The number of rotatable bonds is 3. The molecule has 1 N–H and O–H groups in total. The summed E-state index contributed by atoms with van der Waals surface area (Å²) < 4.78 is 37.6. The van der Waals surface area contributed by atoms with E-state index < -0.39 is 11.2 Å². The molecule has 1 aromatic heterocycles. The molecule has 0 spiro atoms. The van der Waals surface area contributed by atoms with E-state index in [0.29, 0.717) is 17.5 Å². The minimum atomic E-state index is -4.32. The molecule has 9 heteroatoms. The molecule has 4 nitrogen and oxygen atoms in total. The molecule has 2 saturated heterocycles. The zero-order valence-electron chi connectivity index (χ0n) is 12.1. The molecular formula is C13H20ClF3N4S. The Balaban J connectivity index is 0.00000176. The van der Waals surface area contributed by atoms with Crippen molar-refractivity contribution < 1.29 is 13.2 Å². The first kappa shape index (κ1) is 17.9. The quantitative estimate of drug-likeness (QED) is 0.898. The molecule has 0 aromatic carbocycles. The minimum absolute atomic E-state index is 0. The Morgan fingerprint density at radius 3 is 2.64 bits per heavy atom. The number of thiazole rings is 1. The van der Waals surface area contributed by atoms with Gasteiger partial charge in [-0.3, -0.25) is 9.80 Å². The third-order valence-electron chi connectivity index (χ3n) is 4.09. The maximum Gasteiger partial charge on any atom is 0.443 e. The van der Waals surface area contributed by atoms with Gasteiger partial charge in [-0.2, -0.15) is 13.2 Å². The molecule has 22 heavy (non-hydrogen) atoms. The summed E-state index contributed by atoms with van der Waals surface area (Å²) in [5.74, 6) is 0. The largest absolute Gasteiger partial charge is 0.443 e. The topological polar surface area (TPSA) is 31.4 Å². The SMILES string of the molecule is Cl.FC(F)(F)c1ncc(CN2CCC(N3CCNCC3)C2)s1. The van der Waals surface area contributed by atoms with E-state index in [1.807, 2.05) is 0 Å². The lowest BCUT2D eigenvalue weighted by molar-refractivity contribution is -0.137. The zero-order valence-corrected chi connectivity index (χ0v) is 13.7. The molecule has 2 fully saturated rings. The van der Waals surface area contributed by atoms with Crippen molar-refractivity contribution in [2.45, 2.75) is 25.2 Å². The summed E-state index contributed by atoms with van der Waals surface area (Å²) in [5.41, 5.74) is 0. The van der Waals surface area contributed by atoms with Crippen molar-refractivity contribution in [1.82, 2.24) is 20.1 Å². The minimum Gasteiger partial charge on any atom is -0.314 e. The van der Waals surface area contributed by atoms with Gasteiger partial charge in [-0.15, -0.1) is 23.7 Å². The van der Waals surface area contributed by atoms with Crippen LogP contribution in [0, 0.1) is 0 Å². The van der Waals surface area contributed by atoms with Gasteiger partial charge in [0.2, 0.25) is 0 Å². The molecule has 1 unspecified atom stereocenters. The van der Waals surface area contributed by atoms with Gasteiger partial charge in [0, 0.05) is 62.9 Å². The summed E-state index contributed by atoms with van der Waals surface area (Å²) in [6.07, 6.45) is -1.85. The highest BCUT2D eigenvalue weighted by molar-refractivity contribution is 7.11. The van der Waals surface area contributed by atoms with Gasteiger partial charge >= 0.3 is 6.18 Å². The highest BCUT2D eigenvalue weighted by Gasteiger charge is 2.35. The molecule has 0 bridgehead atoms. The lowest BCUT2D eigenvalue weighted by Crippen LogP contribution is -2.49. The van der Waals surface area contributed by atoms with Gasteiger partial charge in [-0.05, 0) is 6.42 Å². The van der Waals surface area contributed by atoms with Crippen LogP contribution in [0.3, 0.4) is 0 Å². The lowest BCUT2D eigenvalue weighted by Gasteiger charge is -2.32. The van der Waals surface area contributed by atoms with Crippen LogP contribution >= 0.6 is 23.7 Å². The summed E-state index contributed by atoms with van der Waals surface area (Å²) in [4.78, 5) is 8.91. The molecule has 1 aromatic rings. The van der Waals surface area contributed by atoms with Crippen molar-refractivity contribution in [3.8, 4) is 0 Å². The van der Waals surface area contributed by atoms with Crippen molar-refractivity contribution in [2.75, 3.05) is 39.3 Å². The molecule has 2 aliphatic rings. The number of halogens is 4. The number of nitrogens with zero attached hydrogens (tertiary/aromatic N) is 3. The van der Waals surface area contributed by atoms with E-state index in [4.69, 9.17) is 0 Å². The van der Waals surface area contributed by atoms with Gasteiger partial charge in [0.25, 0.3) is 0 Å². The number of nitrogens with one attached hydrogen (secondary N) is 1. The molecular weight excluding hydrogens is 337 g/mol. The second-order valence-electron chi connectivity index (χ2n) is 5.59. The second-order valence-corrected chi connectivity index (χ2v) is 6.71. The Kier molecular flexibility index (Phi) is 6.07. The highest BCUT2D eigenvalue weighted by Crippen LogP contribution is 2.33. The highest BCUT2D eigenvalue weighted by atomic mass is 35.5. The number of hydrogen-bond donors (Lipinski definition) is 1. The second kappa shape index (κ2) is 7.44. The molecule has 1 atom stereocenters. The molecule has 0 aliphatic carbocycles. The summed E-state index contributed by atoms with van der Waals surface area (Å²) in [5, 5.41) is 2.60. The van der Waals surface area contributed by atoms with Gasteiger partial charge in [0.05, 0.1) is 0 Å². The predicted octanol–water partition coefficient (Wildman–Crippen LogP) is 2.06. The smallest absolute Gasteiger partial charge is 0.314 e. The molecule has 2 aliphatic heterocycles. The molecule has 0 saturated carbocycles. The van der Waals surface area contributed by atoms with Crippen LogP contribution in [0.5, 0.6) is 0 Å². The zero-order chi connectivity index (χ0) is 14.9. The number of alkyl halides is 3. The van der Waals surface area contributed by atoms with Crippen LogP contribution in [0.1, 0.15) is 16.3 Å². The fourth-order valence-electron chi connectivity index (χ4n) is 3.03. The van der Waals surface area contributed by atoms with Crippen LogP contribution in [0.2, 0.25) is 0 Å². The van der Waals surface area contributed by atoms with E-state index in [1.54, 1.807) is 0 Å². The van der Waals surface area contributed by atoms with Crippen LogP contribution in [0.4, 0.5) is 13.2 Å². The molecule has 0 amide bonds. The molecule has 3 heterocycles. The maximum atomic E-state index is 12.5. The van der Waals surface area contributed by atoms with Gasteiger partial charge in [-0.25, -0.2) is 4.98 Å². The van der Waals surface area contributed by atoms with Gasteiger partial charge in [0.15, 0.2) is 5.01 Å². The Labute approximate surface area is 138 Å². The number of hydrogen-bond acceptors (Lipinski definition) is 5. The van der Waals surface area contributed by atoms with Crippen LogP contribution in [0.15, 0.2) is 6.20 Å². The van der Waals surface area contributed by atoms with Crippen LogP contribution in [0.25, 0.3) is 0 Å². The summed E-state index contributed by atoms with van der Waals surface area (Å²) in [7, 11) is 0. The first-order chi connectivity index (χ1) is 10.0. The van der Waals surface area contributed by atoms with Crippen molar-refractivity contribution >= 4 is 23.7 Å². The first-order valence-corrected chi connectivity index (χ1v) is 8.03. The van der Waals surface area contributed by atoms with E-state index in [0.717, 1.165) is 57.0 Å². The number of piperazine rings is 1. The van der Waals surface area contributed by atoms with Gasteiger partial charge < -0.3 is 5.32 Å². The van der Waals surface area contributed by atoms with Crippen LogP contribution in [-0.2, 0) is 12.7 Å². The fraction of sp³-hybridized carbons (Fsp3) is 0.769. The van der Waals surface area contributed by atoms with Crippen molar-refractivity contribution in [3.05, 3.63) is 16.1 Å². The van der Waals surface area contributed by atoms with Gasteiger partial charge in [-0.1, -0.05) is 0 Å². The summed E-state index contributed by atoms with van der Waals surface area (Å²) in [6, 6.07) is 0.544. The van der Waals surface area contributed by atoms with Crippen molar-refractivity contribution in [3.63, 3.8) is 0 Å². The first-order valence-electron chi connectivity index (χ1n) is 7.21. The van der Waals surface area contributed by atoms with Crippen molar-refractivity contribution in [2.24, 2.45) is 0 Å². The maximum absolute atomic E-state index is 12.5. The standard InChI is InChI=1S/C13H19F3N4S.ClH/c14-13(15,16)12-18-7-11(21-12)9-19-4-1-10(8-19)20-5-2-17-3-6-20;/h7,10,17H,1-6,8-9H2;1H. The predicted molar refractivity (Wildman–Crippen MR) is 82.5 cm³/mol. The summed E-state index contributed by atoms with van der Waals surface area (Å²) in [6.45, 7) is 6.67.